The molecule has 1 aliphatic heterocycles. The van der Waals surface area contributed by atoms with Crippen LogP contribution in [0.1, 0.15) is 48.4 Å². The number of likely N-dealkylation sites (N-methyl/N-ethyl adjacent to an activating group) is 1. The molecule has 0 saturated heterocycles. The molecule has 0 saturated carbocycles. The van der Waals surface area contributed by atoms with Crippen LogP contribution in [0.15, 0.2) is 158 Å². The van der Waals surface area contributed by atoms with Crippen LogP contribution in [0.5, 0.6) is 0 Å². The van der Waals surface area contributed by atoms with E-state index in [-0.39, 0.29) is 5.41 Å². The van der Waals surface area contributed by atoms with Crippen molar-refractivity contribution < 1.29 is 0 Å². The highest BCUT2D eigenvalue weighted by Gasteiger charge is 2.36. The first kappa shape index (κ1) is 29.5. The Kier molecular flexibility index (Phi) is 6.06. The van der Waals surface area contributed by atoms with Gasteiger partial charge in [0.15, 0.2) is 0 Å². The van der Waals surface area contributed by atoms with Crippen LogP contribution in [0.25, 0.3) is 66.2 Å². The van der Waals surface area contributed by atoms with E-state index < -0.39 is 0 Å². The highest BCUT2D eigenvalue weighted by molar-refractivity contribution is 6.13. The van der Waals surface area contributed by atoms with Gasteiger partial charge < -0.3 is 4.90 Å². The van der Waals surface area contributed by atoms with Crippen molar-refractivity contribution in [1.82, 2.24) is 9.55 Å². The first-order valence-electron chi connectivity index (χ1n) is 18.4. The van der Waals surface area contributed by atoms with E-state index >= 15 is 0 Å². The molecule has 0 N–H and O–H groups in total. The Balaban J connectivity index is 1.03. The summed E-state index contributed by atoms with van der Waals surface area (Å²) in [5.41, 5.74) is 16.8. The van der Waals surface area contributed by atoms with Gasteiger partial charge in [-0.1, -0.05) is 111 Å². The third-order valence-electron chi connectivity index (χ3n) is 12.1. The molecule has 6 aromatic carbocycles. The fourth-order valence-electron chi connectivity index (χ4n) is 9.57. The van der Waals surface area contributed by atoms with Crippen molar-refractivity contribution in [3.63, 3.8) is 0 Å². The zero-order valence-corrected chi connectivity index (χ0v) is 29.6. The molecule has 0 radical (unpaired) electrons. The van der Waals surface area contributed by atoms with Crippen LogP contribution < -0.4 is 4.90 Å². The second-order valence-electron chi connectivity index (χ2n) is 15.2. The van der Waals surface area contributed by atoms with Crippen LogP contribution in [-0.2, 0) is 5.41 Å². The summed E-state index contributed by atoms with van der Waals surface area (Å²) in [5, 5.41) is 4.96. The van der Waals surface area contributed by atoms with Gasteiger partial charge in [0, 0.05) is 57.9 Å². The molecule has 3 heterocycles. The molecule has 11 rings (SSSR count). The summed E-state index contributed by atoms with van der Waals surface area (Å²) >= 11 is 0. The van der Waals surface area contributed by atoms with E-state index in [2.05, 4.69) is 176 Å². The van der Waals surface area contributed by atoms with Gasteiger partial charge in [-0.15, -0.1) is 0 Å². The molecule has 3 nitrogen and oxygen atoms in total. The molecule has 0 fully saturated rings. The second-order valence-corrected chi connectivity index (χ2v) is 15.2. The molecule has 0 spiro atoms. The van der Waals surface area contributed by atoms with Crippen molar-refractivity contribution in [3.8, 4) is 28.1 Å². The highest BCUT2D eigenvalue weighted by Crippen LogP contribution is 2.51. The van der Waals surface area contributed by atoms with Crippen molar-refractivity contribution in [3.05, 3.63) is 180 Å². The molecule has 3 aliphatic rings. The van der Waals surface area contributed by atoms with Crippen LogP contribution >= 0.6 is 0 Å². The SMILES string of the molecule is CN1C2=C(c3ccc4cc5c6ccccc6n(-c6ccc(-c7ccc8c(c7)-c7ccccc7C8(C)C)cn6)c5cc4c3)C=CCC2c2ccccc21. The molecule has 0 amide bonds. The van der Waals surface area contributed by atoms with Crippen LogP contribution in [0.4, 0.5) is 5.69 Å². The Morgan fingerprint density at radius 3 is 2.33 bits per heavy atom. The van der Waals surface area contributed by atoms with E-state index in [9.17, 15) is 0 Å². The maximum absolute atomic E-state index is 5.14. The van der Waals surface area contributed by atoms with Crippen LogP contribution in [-0.4, -0.2) is 16.6 Å². The quantitative estimate of drug-likeness (QED) is 0.187. The monoisotopic (exact) mass is 667 g/mol. The molecular formula is C49H37N3. The topological polar surface area (TPSA) is 21.1 Å². The molecule has 8 aromatic rings. The predicted octanol–water partition coefficient (Wildman–Crippen LogP) is 12.2. The number of hydrogen-bond acceptors (Lipinski definition) is 2. The zero-order valence-electron chi connectivity index (χ0n) is 29.6. The Morgan fingerprint density at radius 1 is 0.635 bits per heavy atom. The number of hydrogen-bond donors (Lipinski definition) is 0. The molecule has 1 atom stereocenters. The summed E-state index contributed by atoms with van der Waals surface area (Å²) < 4.78 is 2.34. The maximum atomic E-state index is 5.14. The minimum Gasteiger partial charge on any atom is -0.347 e. The third-order valence-corrected chi connectivity index (χ3v) is 12.1. The number of anilines is 1. The van der Waals surface area contributed by atoms with Gasteiger partial charge in [-0.3, -0.25) is 4.57 Å². The normalized spacial score (nSPS) is 16.8. The lowest BCUT2D eigenvalue weighted by molar-refractivity contribution is 0.660. The van der Waals surface area contributed by atoms with E-state index in [4.69, 9.17) is 4.98 Å². The average molecular weight is 668 g/mol. The fraction of sp³-hybridized carbons (Fsp3) is 0.122. The number of fused-ring (bicyclic) bond motifs is 10. The van der Waals surface area contributed by atoms with E-state index in [0.29, 0.717) is 5.92 Å². The van der Waals surface area contributed by atoms with Crippen molar-refractivity contribution in [1.29, 1.82) is 0 Å². The van der Waals surface area contributed by atoms with Crippen molar-refractivity contribution in [2.45, 2.75) is 31.6 Å². The van der Waals surface area contributed by atoms with E-state index in [0.717, 1.165) is 23.3 Å². The summed E-state index contributed by atoms with van der Waals surface area (Å²) in [4.78, 5) is 7.55. The smallest absolute Gasteiger partial charge is 0.137 e. The lowest BCUT2D eigenvalue weighted by atomic mass is 9.82. The minimum absolute atomic E-state index is 0.000197. The van der Waals surface area contributed by atoms with Crippen LogP contribution in [0.3, 0.4) is 0 Å². The summed E-state index contributed by atoms with van der Waals surface area (Å²) in [6.45, 7) is 4.66. The summed E-state index contributed by atoms with van der Waals surface area (Å²) in [6, 6.07) is 49.5. The van der Waals surface area contributed by atoms with E-state index in [1.54, 1.807) is 0 Å². The number of pyridine rings is 1. The molecule has 2 aromatic heterocycles. The molecule has 3 heteroatoms. The number of nitrogens with zero attached hydrogens (tertiary/aromatic N) is 3. The molecule has 248 valence electrons. The van der Waals surface area contributed by atoms with Gasteiger partial charge in [0.05, 0.1) is 11.0 Å². The van der Waals surface area contributed by atoms with Gasteiger partial charge in [-0.2, -0.15) is 0 Å². The Labute approximate surface area is 303 Å². The van der Waals surface area contributed by atoms with Crippen molar-refractivity contribution in [2.24, 2.45) is 0 Å². The minimum atomic E-state index is -0.000197. The number of allylic oxidation sites excluding steroid dienone is 4. The number of aromatic nitrogens is 2. The average Bonchev–Trinajstić information content (AvgIpc) is 3.76. The standard InChI is InChI=1S/C49H37N3/c1-49(2)42-16-7-4-11-36(42)40-26-30(21-23-43(40)49)33-22-24-47(50-29-33)52-45-18-9-6-13-38(45)41-27-31-19-20-32(25-34(31)28-46(41)52)35-14-10-15-39-37-12-5-8-17-44(37)51(3)48(35)39/h4-14,16-29,39H,15H2,1-3H3. The largest absolute Gasteiger partial charge is 0.347 e. The van der Waals surface area contributed by atoms with Gasteiger partial charge in [0.2, 0.25) is 0 Å². The van der Waals surface area contributed by atoms with Crippen LogP contribution in [0, 0.1) is 0 Å². The third kappa shape index (κ3) is 4.05. The van der Waals surface area contributed by atoms with Gasteiger partial charge in [-0.25, -0.2) is 4.98 Å². The van der Waals surface area contributed by atoms with Crippen molar-refractivity contribution >= 4 is 43.8 Å². The lowest BCUT2D eigenvalue weighted by Gasteiger charge is -2.24. The van der Waals surface area contributed by atoms with Gasteiger partial charge in [0.25, 0.3) is 0 Å². The lowest BCUT2D eigenvalue weighted by Crippen LogP contribution is -2.16. The summed E-state index contributed by atoms with van der Waals surface area (Å²) in [7, 11) is 2.22. The number of para-hydroxylation sites is 2. The predicted molar refractivity (Wildman–Crippen MR) is 217 cm³/mol. The Morgan fingerprint density at radius 2 is 1.42 bits per heavy atom. The zero-order chi connectivity index (χ0) is 34.7. The number of rotatable bonds is 3. The molecule has 1 unspecified atom stereocenters. The Hall–Kier alpha value is -6.19. The van der Waals surface area contributed by atoms with Gasteiger partial charge in [0.1, 0.15) is 5.82 Å². The maximum Gasteiger partial charge on any atom is 0.137 e. The Bertz CT molecular complexity index is 2860. The first-order chi connectivity index (χ1) is 25.5. The van der Waals surface area contributed by atoms with E-state index in [1.807, 2.05) is 6.20 Å². The van der Waals surface area contributed by atoms with Crippen LogP contribution in [0.2, 0.25) is 0 Å². The van der Waals surface area contributed by atoms with Crippen molar-refractivity contribution in [2.75, 3.05) is 11.9 Å². The van der Waals surface area contributed by atoms with Gasteiger partial charge in [-0.05, 0) is 105 Å². The van der Waals surface area contributed by atoms with E-state index in [1.165, 1.54) is 83.0 Å². The highest BCUT2D eigenvalue weighted by atomic mass is 15.1. The summed E-state index contributed by atoms with van der Waals surface area (Å²) in [5.74, 6) is 1.32. The molecule has 0 bridgehead atoms. The first-order valence-corrected chi connectivity index (χ1v) is 18.4. The fourth-order valence-corrected chi connectivity index (χ4v) is 9.57. The number of benzene rings is 6. The molecular weight excluding hydrogens is 631 g/mol. The molecule has 2 aliphatic carbocycles. The van der Waals surface area contributed by atoms with Gasteiger partial charge >= 0.3 is 0 Å². The summed E-state index contributed by atoms with van der Waals surface area (Å²) in [6.07, 6.45) is 7.76. The second kappa shape index (κ2) is 10.7. The molecule has 52 heavy (non-hydrogen) atoms.